The van der Waals surface area contributed by atoms with Gasteiger partial charge in [0, 0.05) is 44.9 Å². The summed E-state index contributed by atoms with van der Waals surface area (Å²) in [5.41, 5.74) is 21.0. The highest BCUT2D eigenvalue weighted by Gasteiger charge is 2.49. The lowest BCUT2D eigenvalue weighted by atomic mass is 9.62. The van der Waals surface area contributed by atoms with E-state index in [-0.39, 0.29) is 0 Å². The molecule has 4 heterocycles. The molecule has 13 rings (SSSR count). The molecule has 0 saturated heterocycles. The van der Waals surface area contributed by atoms with E-state index in [1.54, 1.807) is 0 Å². The minimum Gasteiger partial charge on any atom is -0.326 e. The molecule has 0 fully saturated rings. The van der Waals surface area contributed by atoms with E-state index in [4.69, 9.17) is 5.73 Å². The molecule has 4 nitrogen and oxygen atoms in total. The lowest BCUT2D eigenvalue weighted by Gasteiger charge is -2.45. The van der Waals surface area contributed by atoms with Gasteiger partial charge in [-0.2, -0.15) is 0 Å². The van der Waals surface area contributed by atoms with E-state index in [1.807, 2.05) is 42.1 Å². The van der Waals surface area contributed by atoms with Crippen molar-refractivity contribution in [3.05, 3.63) is 240 Å². The highest BCUT2D eigenvalue weighted by Crippen LogP contribution is 2.61. The molecule has 2 aliphatic rings. The van der Waals surface area contributed by atoms with Gasteiger partial charge in [-0.05, 0) is 87.5 Å². The Morgan fingerprint density at radius 2 is 1.06 bits per heavy atom. The molecule has 2 aliphatic heterocycles. The maximum atomic E-state index is 5.35. The van der Waals surface area contributed by atoms with Gasteiger partial charge in [0.2, 0.25) is 0 Å². The number of aromatic nitrogens is 2. The van der Waals surface area contributed by atoms with Gasteiger partial charge in [-0.3, -0.25) is 9.69 Å². The van der Waals surface area contributed by atoms with Crippen LogP contribution in [0.2, 0.25) is 0 Å². The average molecular weight is 815 g/mol. The van der Waals surface area contributed by atoms with Crippen LogP contribution < -0.4 is 10.7 Å². The zero-order chi connectivity index (χ0) is 41.4. The predicted octanol–water partition coefficient (Wildman–Crippen LogP) is 13.8. The molecule has 1 atom stereocenters. The lowest BCUT2D eigenvalue weighted by molar-refractivity contribution is 0.690. The van der Waals surface area contributed by atoms with Gasteiger partial charge < -0.3 is 10.3 Å². The van der Waals surface area contributed by atoms with Crippen molar-refractivity contribution in [3.63, 3.8) is 0 Å². The standard InChI is InChI=1S/C50H33N3S.C7H9N/c1-51(34-28-26-33(27-29-34)32-14-3-2-4-15-32)53-44-23-10-6-17-36(44)38-30-48-42(31-46(38)53)50(40-20-8-12-25-47(40)54-48)39-19-7-11-24-45(39)52-43-22-9-5-16-35(43)37-18-13-21-41(50)49(37)52;8-6-7-4-2-1-3-5-7/h2-31H,1H3;1-5H,6,8H2. The summed E-state index contributed by atoms with van der Waals surface area (Å²) >= 11 is 1.91. The van der Waals surface area contributed by atoms with Crippen LogP contribution in [0.5, 0.6) is 0 Å². The van der Waals surface area contributed by atoms with Gasteiger partial charge in [0.25, 0.3) is 0 Å². The normalized spacial score (nSPS) is 14.7. The van der Waals surface area contributed by atoms with E-state index >= 15 is 0 Å². The number of fused-ring (bicyclic) bond motifs is 14. The Labute approximate surface area is 365 Å². The molecule has 0 radical (unpaired) electrons. The first-order valence-electron chi connectivity index (χ1n) is 21.3. The van der Waals surface area contributed by atoms with Crippen molar-refractivity contribution in [1.29, 1.82) is 0 Å². The molecule has 1 unspecified atom stereocenters. The highest BCUT2D eigenvalue weighted by molar-refractivity contribution is 7.99. The first-order chi connectivity index (χ1) is 30.6. The fourth-order valence-corrected chi connectivity index (χ4v) is 11.5. The van der Waals surface area contributed by atoms with Gasteiger partial charge in [0.05, 0.1) is 38.9 Å². The number of hydrogen-bond donors (Lipinski definition) is 1. The van der Waals surface area contributed by atoms with Crippen molar-refractivity contribution >= 4 is 61.1 Å². The number of benzene rings is 9. The third kappa shape index (κ3) is 5.32. The van der Waals surface area contributed by atoms with Crippen molar-refractivity contribution in [1.82, 2.24) is 9.24 Å². The van der Waals surface area contributed by atoms with E-state index in [0.717, 1.165) is 5.69 Å². The van der Waals surface area contributed by atoms with Crippen LogP contribution in [0.4, 0.5) is 5.69 Å². The molecular weight excluding hydrogens is 773 g/mol. The number of rotatable bonds is 4. The van der Waals surface area contributed by atoms with Crippen LogP contribution in [0.15, 0.2) is 222 Å². The van der Waals surface area contributed by atoms with Crippen molar-refractivity contribution in [2.45, 2.75) is 21.8 Å². The number of nitrogens with zero attached hydrogens (tertiary/aromatic N) is 3. The second-order valence-electron chi connectivity index (χ2n) is 16.2. The van der Waals surface area contributed by atoms with Crippen LogP contribution in [0.25, 0.3) is 60.4 Å². The summed E-state index contributed by atoms with van der Waals surface area (Å²) in [4.78, 5) is 2.61. The van der Waals surface area contributed by atoms with Gasteiger partial charge in [-0.1, -0.05) is 176 Å². The van der Waals surface area contributed by atoms with Crippen LogP contribution in [0.3, 0.4) is 0 Å². The molecule has 9 aromatic carbocycles. The molecule has 11 aromatic rings. The van der Waals surface area contributed by atoms with Crippen LogP contribution in [0.1, 0.15) is 27.8 Å². The summed E-state index contributed by atoms with van der Waals surface area (Å²) in [7, 11) is 2.19. The number of hydrogen-bond acceptors (Lipinski definition) is 3. The molecule has 0 amide bonds. The van der Waals surface area contributed by atoms with Crippen molar-refractivity contribution in [3.8, 4) is 16.8 Å². The molecule has 0 bridgehead atoms. The van der Waals surface area contributed by atoms with Crippen LogP contribution in [-0.4, -0.2) is 16.3 Å². The van der Waals surface area contributed by atoms with Crippen molar-refractivity contribution in [2.24, 2.45) is 5.73 Å². The fourth-order valence-electron chi connectivity index (χ4n) is 10.3. The van der Waals surface area contributed by atoms with Crippen LogP contribution in [0, 0.1) is 0 Å². The Hall–Kier alpha value is -7.31. The lowest BCUT2D eigenvalue weighted by Crippen LogP contribution is -2.37. The maximum Gasteiger partial charge on any atom is 0.0765 e. The Balaban J connectivity index is 0.000000465. The second kappa shape index (κ2) is 14.4. The van der Waals surface area contributed by atoms with E-state index in [9.17, 15) is 0 Å². The van der Waals surface area contributed by atoms with Gasteiger partial charge in [0.15, 0.2) is 0 Å². The van der Waals surface area contributed by atoms with Crippen molar-refractivity contribution < 1.29 is 0 Å². The average Bonchev–Trinajstić information content (AvgIpc) is 3.86. The molecule has 2 N–H and O–H groups in total. The van der Waals surface area contributed by atoms with E-state index < -0.39 is 5.41 Å². The van der Waals surface area contributed by atoms with Gasteiger partial charge in [-0.25, -0.2) is 0 Å². The number of para-hydroxylation sites is 4. The minimum absolute atomic E-state index is 0.539. The van der Waals surface area contributed by atoms with Crippen LogP contribution in [-0.2, 0) is 12.0 Å². The summed E-state index contributed by atoms with van der Waals surface area (Å²) in [6, 6.07) is 77.5. The Morgan fingerprint density at radius 3 is 1.82 bits per heavy atom. The zero-order valence-electron chi connectivity index (χ0n) is 34.2. The first kappa shape index (κ1) is 36.5. The summed E-state index contributed by atoms with van der Waals surface area (Å²) in [5.74, 6) is 0. The maximum absolute atomic E-state index is 5.35. The molecule has 1 spiro atoms. The molecule has 5 heteroatoms. The second-order valence-corrected chi connectivity index (χ2v) is 17.3. The molecule has 2 aromatic heterocycles. The molecule has 0 aliphatic carbocycles. The molecule has 62 heavy (non-hydrogen) atoms. The van der Waals surface area contributed by atoms with E-state index in [0.29, 0.717) is 6.54 Å². The summed E-state index contributed by atoms with van der Waals surface area (Å²) < 4.78 is 4.95. The van der Waals surface area contributed by atoms with Gasteiger partial charge in [-0.15, -0.1) is 0 Å². The molecule has 296 valence electrons. The predicted molar refractivity (Wildman–Crippen MR) is 260 cm³/mol. The SMILES string of the molecule is CN(c1ccc(-c2ccccc2)cc1)n1c2ccccc2c2cc3c(cc21)C1(c2ccccc2S3)c2ccccc2-n2c3ccccc3c3cccc1c32.NCc1ccccc1. The van der Waals surface area contributed by atoms with E-state index in [1.165, 1.54) is 98.0 Å². The van der Waals surface area contributed by atoms with Crippen molar-refractivity contribution in [2.75, 3.05) is 12.1 Å². The zero-order valence-corrected chi connectivity index (χ0v) is 35.1. The minimum atomic E-state index is -0.539. The van der Waals surface area contributed by atoms with Gasteiger partial charge in [0.1, 0.15) is 0 Å². The third-order valence-electron chi connectivity index (χ3n) is 13.0. The summed E-state index contributed by atoms with van der Waals surface area (Å²) in [5, 5.41) is 7.41. The van der Waals surface area contributed by atoms with Crippen LogP contribution >= 0.6 is 11.8 Å². The fraction of sp³-hybridized carbons (Fsp3) is 0.0526. The Kier molecular flexibility index (Phi) is 8.49. The third-order valence-corrected chi connectivity index (χ3v) is 14.2. The van der Waals surface area contributed by atoms with Gasteiger partial charge >= 0.3 is 0 Å². The largest absolute Gasteiger partial charge is 0.326 e. The smallest absolute Gasteiger partial charge is 0.0765 e. The van der Waals surface area contributed by atoms with E-state index in [2.05, 4.69) is 203 Å². The monoisotopic (exact) mass is 814 g/mol. The number of nitrogens with two attached hydrogens (primary N) is 1. The molecule has 0 saturated carbocycles. The Morgan fingerprint density at radius 1 is 0.468 bits per heavy atom. The quantitative estimate of drug-likeness (QED) is 0.192. The number of anilines is 1. The summed E-state index contributed by atoms with van der Waals surface area (Å²) in [6.45, 7) is 0.640. The Bertz CT molecular complexity index is 3500. The highest BCUT2D eigenvalue weighted by atomic mass is 32.2. The summed E-state index contributed by atoms with van der Waals surface area (Å²) in [6.07, 6.45) is 0. The first-order valence-corrected chi connectivity index (χ1v) is 22.1. The molecular formula is C57H42N4S. The topological polar surface area (TPSA) is 39.1 Å².